The molecule has 0 spiro atoms. The van der Waals surface area contributed by atoms with Crippen LogP contribution >= 0.6 is 11.3 Å². The summed E-state index contributed by atoms with van der Waals surface area (Å²) in [5.74, 6) is 1.54. The lowest BCUT2D eigenvalue weighted by Crippen LogP contribution is -2.36. The lowest BCUT2D eigenvalue weighted by molar-refractivity contribution is 0.797. The van der Waals surface area contributed by atoms with Crippen molar-refractivity contribution in [3.05, 3.63) is 58.4 Å². The molecule has 0 saturated heterocycles. The number of aromatic nitrogens is 4. The molecular formula is C17H21N7S. The number of nitrogens with zero attached hydrogens (tertiary/aromatic N) is 5. The molecule has 0 aliphatic rings. The summed E-state index contributed by atoms with van der Waals surface area (Å²) in [5, 5.41) is 11.9. The van der Waals surface area contributed by atoms with Crippen molar-refractivity contribution in [2.45, 2.75) is 26.4 Å². The van der Waals surface area contributed by atoms with E-state index in [-0.39, 0.29) is 0 Å². The van der Waals surface area contributed by atoms with Gasteiger partial charge in [0.1, 0.15) is 5.01 Å². The monoisotopic (exact) mass is 355 g/mol. The van der Waals surface area contributed by atoms with Crippen molar-refractivity contribution in [2.24, 2.45) is 4.99 Å². The quantitative estimate of drug-likeness (QED) is 0.523. The molecule has 3 aromatic rings. The van der Waals surface area contributed by atoms with E-state index in [1.54, 1.807) is 35.5 Å². The minimum Gasteiger partial charge on any atom is -0.352 e. The van der Waals surface area contributed by atoms with E-state index >= 15 is 0 Å². The summed E-state index contributed by atoms with van der Waals surface area (Å²) in [6, 6.07) is 5.85. The summed E-state index contributed by atoms with van der Waals surface area (Å²) in [4.78, 5) is 14.3. The number of hydrogen-bond acceptors (Lipinski definition) is 5. The Bertz CT molecular complexity index is 823. The van der Waals surface area contributed by atoms with Gasteiger partial charge in [-0.05, 0) is 30.2 Å². The minimum atomic E-state index is 0.647. The van der Waals surface area contributed by atoms with Crippen LogP contribution in [0, 0.1) is 0 Å². The number of nitrogens with one attached hydrogen (secondary N) is 2. The van der Waals surface area contributed by atoms with Gasteiger partial charge in [0.25, 0.3) is 0 Å². The van der Waals surface area contributed by atoms with Crippen LogP contribution in [0.3, 0.4) is 0 Å². The second-order valence-electron chi connectivity index (χ2n) is 5.33. The smallest absolute Gasteiger partial charge is 0.191 e. The molecule has 0 aliphatic carbocycles. The van der Waals surface area contributed by atoms with E-state index in [2.05, 4.69) is 37.6 Å². The summed E-state index contributed by atoms with van der Waals surface area (Å²) in [5.41, 5.74) is 1.10. The molecule has 8 heteroatoms. The number of pyridine rings is 1. The molecule has 0 amide bonds. The average molecular weight is 355 g/mol. The van der Waals surface area contributed by atoms with Crippen LogP contribution in [-0.2, 0) is 19.5 Å². The molecule has 0 atom stereocenters. The van der Waals surface area contributed by atoms with Crippen molar-refractivity contribution in [3.8, 4) is 5.82 Å². The highest BCUT2D eigenvalue weighted by molar-refractivity contribution is 7.11. The molecule has 25 heavy (non-hydrogen) atoms. The first-order valence-electron chi connectivity index (χ1n) is 8.11. The third-order valence-corrected chi connectivity index (χ3v) is 4.73. The first-order valence-corrected chi connectivity index (χ1v) is 8.93. The van der Waals surface area contributed by atoms with E-state index in [9.17, 15) is 0 Å². The fourth-order valence-electron chi connectivity index (χ4n) is 2.26. The minimum absolute atomic E-state index is 0.647. The molecule has 0 fully saturated rings. The van der Waals surface area contributed by atoms with Crippen molar-refractivity contribution in [1.29, 1.82) is 0 Å². The highest BCUT2D eigenvalue weighted by Crippen LogP contribution is 2.12. The van der Waals surface area contributed by atoms with Crippen molar-refractivity contribution in [3.63, 3.8) is 0 Å². The summed E-state index contributed by atoms with van der Waals surface area (Å²) in [6.07, 6.45) is 8.35. The molecule has 0 bridgehead atoms. The predicted molar refractivity (Wildman–Crippen MR) is 99.9 cm³/mol. The number of aliphatic imine (C=N–C) groups is 1. The predicted octanol–water partition coefficient (Wildman–Crippen LogP) is 2.15. The van der Waals surface area contributed by atoms with Crippen molar-refractivity contribution < 1.29 is 0 Å². The Labute approximate surface area is 150 Å². The maximum absolute atomic E-state index is 4.41. The van der Waals surface area contributed by atoms with Crippen LogP contribution < -0.4 is 10.6 Å². The van der Waals surface area contributed by atoms with Gasteiger partial charge in [-0.2, -0.15) is 5.10 Å². The van der Waals surface area contributed by atoms with E-state index in [0.29, 0.717) is 13.1 Å². The molecule has 130 valence electrons. The first-order chi connectivity index (χ1) is 12.3. The Morgan fingerprint density at radius 1 is 1.24 bits per heavy atom. The topological polar surface area (TPSA) is 80.0 Å². The van der Waals surface area contributed by atoms with Gasteiger partial charge in [0.2, 0.25) is 0 Å². The zero-order valence-corrected chi connectivity index (χ0v) is 15.1. The summed E-state index contributed by atoms with van der Waals surface area (Å²) < 4.78 is 1.74. The van der Waals surface area contributed by atoms with Gasteiger partial charge in [0.15, 0.2) is 11.8 Å². The Morgan fingerprint density at radius 3 is 2.84 bits per heavy atom. The van der Waals surface area contributed by atoms with Gasteiger partial charge in [-0.15, -0.1) is 11.3 Å². The molecule has 3 aromatic heterocycles. The number of guanidine groups is 1. The van der Waals surface area contributed by atoms with Crippen LogP contribution in [0.25, 0.3) is 5.82 Å². The maximum Gasteiger partial charge on any atom is 0.191 e. The molecular weight excluding hydrogens is 334 g/mol. The van der Waals surface area contributed by atoms with Gasteiger partial charge < -0.3 is 10.6 Å². The molecule has 0 saturated carbocycles. The van der Waals surface area contributed by atoms with E-state index < -0.39 is 0 Å². The van der Waals surface area contributed by atoms with Crippen molar-refractivity contribution in [1.82, 2.24) is 30.4 Å². The molecule has 0 unspecified atom stereocenters. The Hall–Kier alpha value is -2.74. The molecule has 0 aromatic carbocycles. The highest BCUT2D eigenvalue weighted by atomic mass is 32.1. The lowest BCUT2D eigenvalue weighted by atomic mass is 10.2. The summed E-state index contributed by atoms with van der Waals surface area (Å²) >= 11 is 1.73. The van der Waals surface area contributed by atoms with Gasteiger partial charge in [-0.3, -0.25) is 4.99 Å². The van der Waals surface area contributed by atoms with Crippen LogP contribution in [0.4, 0.5) is 0 Å². The Morgan fingerprint density at radius 2 is 2.12 bits per heavy atom. The van der Waals surface area contributed by atoms with Crippen LogP contribution in [0.5, 0.6) is 0 Å². The maximum atomic E-state index is 4.41. The molecule has 7 nitrogen and oxygen atoms in total. The Balaban J connectivity index is 1.55. The number of rotatable bonds is 6. The van der Waals surface area contributed by atoms with Crippen LogP contribution in [-0.4, -0.2) is 32.8 Å². The van der Waals surface area contributed by atoms with Gasteiger partial charge in [-0.25, -0.2) is 14.6 Å². The summed E-state index contributed by atoms with van der Waals surface area (Å²) in [6.45, 7) is 3.45. The number of hydrogen-bond donors (Lipinski definition) is 2. The lowest BCUT2D eigenvalue weighted by Gasteiger charge is -2.11. The second kappa shape index (κ2) is 8.39. The molecule has 0 aliphatic heterocycles. The fourth-order valence-corrected chi connectivity index (χ4v) is 3.06. The van der Waals surface area contributed by atoms with Crippen LogP contribution in [0.15, 0.2) is 48.0 Å². The van der Waals surface area contributed by atoms with E-state index in [0.717, 1.165) is 28.8 Å². The molecule has 3 rings (SSSR count). The van der Waals surface area contributed by atoms with E-state index in [4.69, 9.17) is 0 Å². The first kappa shape index (κ1) is 17.1. The highest BCUT2D eigenvalue weighted by Gasteiger charge is 2.04. The third-order valence-electron chi connectivity index (χ3n) is 3.59. The van der Waals surface area contributed by atoms with Gasteiger partial charge in [-0.1, -0.05) is 6.92 Å². The molecule has 0 radical (unpaired) electrons. The van der Waals surface area contributed by atoms with Gasteiger partial charge >= 0.3 is 0 Å². The van der Waals surface area contributed by atoms with Crippen LogP contribution in [0.2, 0.25) is 0 Å². The number of thiazole rings is 1. The summed E-state index contributed by atoms with van der Waals surface area (Å²) in [7, 11) is 1.76. The van der Waals surface area contributed by atoms with Crippen molar-refractivity contribution >= 4 is 17.3 Å². The molecule has 3 heterocycles. The average Bonchev–Trinajstić information content (AvgIpc) is 3.34. The zero-order valence-electron chi connectivity index (χ0n) is 14.3. The zero-order chi connectivity index (χ0) is 17.5. The largest absolute Gasteiger partial charge is 0.352 e. The van der Waals surface area contributed by atoms with Gasteiger partial charge in [0, 0.05) is 43.3 Å². The third kappa shape index (κ3) is 4.63. The SMILES string of the molecule is CCc1cnc(CNC(=NC)NCc2ccnc(-n3cccn3)c2)s1. The van der Waals surface area contributed by atoms with Gasteiger partial charge in [0.05, 0.1) is 6.54 Å². The van der Waals surface area contributed by atoms with E-state index in [1.807, 2.05) is 30.6 Å². The standard InChI is InChI=1S/C17H21N7S/c1-3-14-11-20-16(25-14)12-22-17(18-2)21-10-13-5-7-19-15(9-13)24-8-4-6-23-24/h4-9,11H,3,10,12H2,1-2H3,(H2,18,21,22). The number of aryl methyl sites for hydroxylation is 1. The van der Waals surface area contributed by atoms with Crippen molar-refractivity contribution in [2.75, 3.05) is 7.05 Å². The Kier molecular flexibility index (Phi) is 5.73. The molecule has 2 N–H and O–H groups in total. The van der Waals surface area contributed by atoms with E-state index in [1.165, 1.54) is 4.88 Å². The normalized spacial score (nSPS) is 11.5. The van der Waals surface area contributed by atoms with Crippen LogP contribution in [0.1, 0.15) is 22.4 Å². The fraction of sp³-hybridized carbons (Fsp3) is 0.294. The second-order valence-corrected chi connectivity index (χ2v) is 6.53.